The van der Waals surface area contributed by atoms with E-state index in [9.17, 15) is 0 Å². The van der Waals surface area contributed by atoms with Crippen LogP contribution in [0.1, 0.15) is 130 Å². The van der Waals surface area contributed by atoms with E-state index in [0.717, 1.165) is 0 Å². The highest BCUT2D eigenvalue weighted by atomic mass is 14.0. The topological polar surface area (TPSA) is 0 Å². The van der Waals surface area contributed by atoms with E-state index in [0.29, 0.717) is 0 Å². The van der Waals surface area contributed by atoms with Gasteiger partial charge in [-0.15, -0.1) is 0 Å². The van der Waals surface area contributed by atoms with Gasteiger partial charge in [0.1, 0.15) is 0 Å². The summed E-state index contributed by atoms with van der Waals surface area (Å²) < 4.78 is 0. The molecule has 0 amide bonds. The Kier molecular flexibility index (Phi) is 18.6. The van der Waals surface area contributed by atoms with Crippen LogP contribution < -0.4 is 0 Å². The van der Waals surface area contributed by atoms with Crippen LogP contribution in [-0.4, -0.2) is 0 Å². The number of allylic oxidation sites excluding steroid dienone is 2. The van der Waals surface area contributed by atoms with Crippen molar-refractivity contribution in [3.8, 4) is 0 Å². The number of unbranched alkanes of at least 4 members (excludes halogenated alkanes) is 14. The second kappa shape index (κ2) is 18.8. The van der Waals surface area contributed by atoms with E-state index in [2.05, 4.69) is 26.8 Å². The monoisotopic (exact) mass is 308 g/mol. The van der Waals surface area contributed by atoms with Gasteiger partial charge >= 0.3 is 0 Å². The first-order chi connectivity index (χ1) is 10.8. The molecular weight excluding hydrogens is 264 g/mol. The van der Waals surface area contributed by atoms with Gasteiger partial charge in [-0.05, 0) is 25.7 Å². The minimum absolute atomic E-state index is 1.25. The van der Waals surface area contributed by atoms with Gasteiger partial charge < -0.3 is 0 Å². The van der Waals surface area contributed by atoms with Crippen LogP contribution >= 0.6 is 0 Å². The zero-order chi connectivity index (χ0) is 16.3. The Hall–Kier alpha value is -0.260. The normalized spacial score (nSPS) is 10.9. The molecule has 0 aromatic rings. The molecule has 0 radical (unpaired) electrons. The molecule has 0 fully saturated rings. The molecule has 0 atom stereocenters. The molecule has 0 bridgehead atoms. The van der Waals surface area contributed by atoms with Gasteiger partial charge in [-0.2, -0.15) is 0 Å². The van der Waals surface area contributed by atoms with Crippen molar-refractivity contribution in [1.82, 2.24) is 0 Å². The second-order valence-corrected chi connectivity index (χ2v) is 6.95. The summed E-state index contributed by atoms with van der Waals surface area (Å²) in [5.74, 6) is 0. The lowest BCUT2D eigenvalue weighted by Crippen LogP contribution is -1.83. The first-order valence-electron chi connectivity index (χ1n) is 10.5. The third-order valence-electron chi connectivity index (χ3n) is 4.90. The molecule has 0 aliphatic carbocycles. The Bertz CT molecular complexity index is 220. The van der Waals surface area contributed by atoms with Crippen molar-refractivity contribution in [1.29, 1.82) is 0 Å². The van der Waals surface area contributed by atoms with Crippen LogP contribution in [0.4, 0.5) is 0 Å². The zero-order valence-electron chi connectivity index (χ0n) is 16.1. The van der Waals surface area contributed by atoms with Gasteiger partial charge in [-0.1, -0.05) is 116 Å². The van der Waals surface area contributed by atoms with Crippen molar-refractivity contribution in [2.75, 3.05) is 0 Å². The minimum Gasteiger partial charge on any atom is -0.0854 e. The summed E-state index contributed by atoms with van der Waals surface area (Å²) in [4.78, 5) is 0. The van der Waals surface area contributed by atoms with Gasteiger partial charge in [-0.25, -0.2) is 0 Å². The van der Waals surface area contributed by atoms with Crippen LogP contribution in [0.15, 0.2) is 11.6 Å². The van der Waals surface area contributed by atoms with Crippen LogP contribution in [0, 0.1) is 0 Å². The molecule has 0 heteroatoms. The van der Waals surface area contributed by atoms with Crippen LogP contribution in [0.5, 0.6) is 0 Å². The second-order valence-electron chi connectivity index (χ2n) is 6.95. The summed E-state index contributed by atoms with van der Waals surface area (Å²) in [6.45, 7) is 6.85. The molecule has 132 valence electrons. The van der Waals surface area contributed by atoms with Gasteiger partial charge in [0, 0.05) is 0 Å². The molecule has 0 rings (SSSR count). The molecule has 0 saturated carbocycles. The predicted octanol–water partition coefficient (Wildman–Crippen LogP) is 8.60. The van der Waals surface area contributed by atoms with Gasteiger partial charge in [0.25, 0.3) is 0 Å². The fourth-order valence-corrected chi connectivity index (χ4v) is 3.18. The Morgan fingerprint density at radius 1 is 0.500 bits per heavy atom. The Balaban J connectivity index is 3.10. The molecule has 0 heterocycles. The fourth-order valence-electron chi connectivity index (χ4n) is 3.18. The highest BCUT2D eigenvalue weighted by Crippen LogP contribution is 2.14. The van der Waals surface area contributed by atoms with Crippen LogP contribution in [-0.2, 0) is 0 Å². The molecule has 0 saturated heterocycles. The number of rotatable bonds is 17. The van der Waals surface area contributed by atoms with E-state index in [1.807, 2.05) is 0 Å². The van der Waals surface area contributed by atoms with E-state index in [4.69, 9.17) is 0 Å². The van der Waals surface area contributed by atoms with E-state index < -0.39 is 0 Å². The van der Waals surface area contributed by atoms with E-state index in [1.54, 1.807) is 5.57 Å². The highest BCUT2D eigenvalue weighted by molar-refractivity contribution is 4.99. The summed E-state index contributed by atoms with van der Waals surface area (Å²) in [6.07, 6.45) is 26.7. The minimum atomic E-state index is 1.25. The molecule has 0 aliphatic heterocycles. The summed E-state index contributed by atoms with van der Waals surface area (Å²) in [5.41, 5.74) is 1.65. The number of hydrogen-bond acceptors (Lipinski definition) is 0. The lowest BCUT2D eigenvalue weighted by atomic mass is 10.0. The molecular formula is C22H44. The first-order valence-corrected chi connectivity index (χ1v) is 10.5. The van der Waals surface area contributed by atoms with Gasteiger partial charge in [-0.3, -0.25) is 0 Å². The summed E-state index contributed by atoms with van der Waals surface area (Å²) in [5, 5.41) is 0. The van der Waals surface area contributed by atoms with Gasteiger partial charge in [0.05, 0.1) is 0 Å². The molecule has 0 aromatic carbocycles. The van der Waals surface area contributed by atoms with Gasteiger partial charge in [0.15, 0.2) is 0 Å². The summed E-state index contributed by atoms with van der Waals surface area (Å²) in [6, 6.07) is 0. The van der Waals surface area contributed by atoms with Crippen molar-refractivity contribution in [2.24, 2.45) is 0 Å². The van der Waals surface area contributed by atoms with Crippen molar-refractivity contribution >= 4 is 0 Å². The van der Waals surface area contributed by atoms with Crippen molar-refractivity contribution in [3.05, 3.63) is 11.6 Å². The third-order valence-corrected chi connectivity index (χ3v) is 4.90. The first kappa shape index (κ1) is 21.7. The van der Waals surface area contributed by atoms with Crippen molar-refractivity contribution < 1.29 is 0 Å². The van der Waals surface area contributed by atoms with Crippen LogP contribution in [0.3, 0.4) is 0 Å². The average Bonchev–Trinajstić information content (AvgIpc) is 2.55. The molecule has 0 unspecified atom stereocenters. The SMILES string of the molecule is CCCCCCCCCCCCCCCCC=C(CC)CC. The number of hydrogen-bond donors (Lipinski definition) is 0. The smallest absolute Gasteiger partial charge is 0.0348 e. The summed E-state index contributed by atoms with van der Waals surface area (Å²) in [7, 11) is 0. The van der Waals surface area contributed by atoms with Crippen LogP contribution in [0.2, 0.25) is 0 Å². The lowest BCUT2D eigenvalue weighted by molar-refractivity contribution is 0.536. The van der Waals surface area contributed by atoms with Crippen LogP contribution in [0.25, 0.3) is 0 Å². The maximum absolute atomic E-state index is 2.49. The maximum Gasteiger partial charge on any atom is -0.0348 e. The molecule has 0 aliphatic rings. The molecule has 0 N–H and O–H groups in total. The highest BCUT2D eigenvalue weighted by Gasteiger charge is 1.94. The Morgan fingerprint density at radius 2 is 0.864 bits per heavy atom. The summed E-state index contributed by atoms with van der Waals surface area (Å²) >= 11 is 0. The Labute approximate surface area is 142 Å². The lowest BCUT2D eigenvalue weighted by Gasteiger charge is -2.03. The van der Waals surface area contributed by atoms with Gasteiger partial charge in [0.2, 0.25) is 0 Å². The van der Waals surface area contributed by atoms with Crippen molar-refractivity contribution in [3.63, 3.8) is 0 Å². The molecule has 0 spiro atoms. The zero-order valence-corrected chi connectivity index (χ0v) is 16.1. The predicted molar refractivity (Wildman–Crippen MR) is 104 cm³/mol. The third kappa shape index (κ3) is 16.1. The van der Waals surface area contributed by atoms with E-state index >= 15 is 0 Å². The largest absolute Gasteiger partial charge is 0.0854 e. The van der Waals surface area contributed by atoms with Crippen molar-refractivity contribution in [2.45, 2.75) is 130 Å². The molecule has 0 nitrogen and oxygen atoms in total. The quantitative estimate of drug-likeness (QED) is 0.186. The standard InChI is InChI=1S/C22H44/c1-4-7-8-9-10-11-12-13-14-15-16-17-18-19-20-21-22(5-2)6-3/h21H,4-20H2,1-3H3. The van der Waals surface area contributed by atoms with E-state index in [-0.39, 0.29) is 0 Å². The van der Waals surface area contributed by atoms with E-state index in [1.165, 1.54) is 109 Å². The molecule has 22 heavy (non-hydrogen) atoms. The maximum atomic E-state index is 2.49. The fraction of sp³-hybridized carbons (Fsp3) is 0.909. The molecule has 0 aromatic heterocycles. The Morgan fingerprint density at radius 3 is 1.23 bits per heavy atom. The average molecular weight is 309 g/mol.